The van der Waals surface area contributed by atoms with Crippen LogP contribution in [-0.2, 0) is 15.6 Å². The van der Waals surface area contributed by atoms with Crippen LogP contribution in [-0.4, -0.2) is 29.8 Å². The summed E-state index contributed by atoms with van der Waals surface area (Å²) in [5.74, 6) is 5.12. The number of anilines is 1. The molecule has 1 aromatic carbocycles. The minimum absolute atomic E-state index is 0.133. The molecule has 0 aliphatic rings. The quantitative estimate of drug-likeness (QED) is 0.215. The van der Waals surface area contributed by atoms with Gasteiger partial charge in [0.2, 0.25) is 0 Å². The third kappa shape index (κ3) is 3.42. The lowest BCUT2D eigenvalue weighted by Crippen LogP contribution is -2.31. The highest BCUT2D eigenvalue weighted by atomic mass is 31.2. The molecular formula is C8H14N2O7P2. The summed E-state index contributed by atoms with van der Waals surface area (Å²) in [6, 6.07) is 5.50. The van der Waals surface area contributed by atoms with Crippen LogP contribution in [0.3, 0.4) is 0 Å². The number of benzene rings is 1. The van der Waals surface area contributed by atoms with E-state index >= 15 is 0 Å². The van der Waals surface area contributed by atoms with Crippen LogP contribution >= 0.6 is 15.2 Å². The molecular weight excluding hydrogens is 298 g/mol. The summed E-state index contributed by atoms with van der Waals surface area (Å²) in [5, 5.41) is 6.25. The molecule has 0 atom stereocenters. The maximum absolute atomic E-state index is 11.1. The molecule has 11 heteroatoms. The summed E-state index contributed by atoms with van der Waals surface area (Å²) in [5.41, 5.74) is 2.93. The highest BCUT2D eigenvalue weighted by Crippen LogP contribution is 2.68. The predicted molar refractivity (Wildman–Crippen MR) is 67.0 cm³/mol. The van der Waals surface area contributed by atoms with Gasteiger partial charge in [-0.05, 0) is 17.7 Å². The fraction of sp³-hybridized carbons (Fsp3) is 0.250. The van der Waals surface area contributed by atoms with Crippen molar-refractivity contribution in [1.29, 1.82) is 0 Å². The highest BCUT2D eigenvalue weighted by Gasteiger charge is 2.59. The Kier molecular flexibility index (Phi) is 4.56. The molecule has 0 unspecified atom stereocenters. The first-order valence-electron chi connectivity index (χ1n) is 4.90. The minimum Gasteiger partial charge on any atom is -0.367 e. The lowest BCUT2D eigenvalue weighted by atomic mass is 10.1. The molecule has 0 saturated heterocycles. The molecule has 0 aromatic heterocycles. The number of aliphatic hydroxyl groups is 1. The largest absolute Gasteiger partial charge is 0.369 e. The Morgan fingerprint density at radius 2 is 1.47 bits per heavy atom. The monoisotopic (exact) mass is 312 g/mol. The van der Waals surface area contributed by atoms with Crippen LogP contribution in [0.5, 0.6) is 0 Å². The van der Waals surface area contributed by atoms with Crippen molar-refractivity contribution in [3.05, 3.63) is 29.8 Å². The van der Waals surface area contributed by atoms with Crippen molar-refractivity contribution in [2.24, 2.45) is 5.84 Å². The first-order valence-corrected chi connectivity index (χ1v) is 8.13. The fourth-order valence-corrected chi connectivity index (χ4v) is 3.50. The minimum atomic E-state index is -5.44. The van der Waals surface area contributed by atoms with Crippen molar-refractivity contribution >= 4 is 20.9 Å². The van der Waals surface area contributed by atoms with Gasteiger partial charge in [0, 0.05) is 12.1 Å². The van der Waals surface area contributed by atoms with E-state index in [4.69, 9.17) is 25.4 Å². The van der Waals surface area contributed by atoms with Crippen LogP contribution in [0.2, 0.25) is 0 Å². The van der Waals surface area contributed by atoms with E-state index in [9.17, 15) is 14.2 Å². The molecule has 1 aromatic rings. The third-order valence-corrected chi connectivity index (χ3v) is 6.24. The van der Waals surface area contributed by atoms with Gasteiger partial charge in [0.15, 0.2) is 0 Å². The van der Waals surface area contributed by atoms with Crippen LogP contribution < -0.4 is 11.3 Å². The van der Waals surface area contributed by atoms with Gasteiger partial charge in [-0.3, -0.25) is 15.0 Å². The molecule has 0 radical (unpaired) electrons. The van der Waals surface area contributed by atoms with E-state index < -0.39 is 26.7 Å². The second-order valence-electron chi connectivity index (χ2n) is 3.88. The number of nitrogens with one attached hydrogen (secondary N) is 1. The molecule has 8 N–H and O–H groups in total. The smallest absolute Gasteiger partial charge is 0.367 e. The van der Waals surface area contributed by atoms with Crippen molar-refractivity contribution in [2.45, 2.75) is 11.5 Å². The number of rotatable bonds is 5. The number of hydrogen-bond donors (Lipinski definition) is 7. The topological polar surface area (TPSA) is 173 Å². The van der Waals surface area contributed by atoms with Crippen LogP contribution in [0.25, 0.3) is 0 Å². The SMILES string of the molecule is NNc1ccc(CC(O)(P(=O)(O)O)P(=O)(O)O)cc1. The second-order valence-corrected chi connectivity index (χ2v) is 7.89. The van der Waals surface area contributed by atoms with E-state index in [1.807, 2.05) is 0 Å². The third-order valence-electron chi connectivity index (χ3n) is 2.49. The first-order chi connectivity index (χ1) is 8.51. The second kappa shape index (κ2) is 5.32. The van der Waals surface area contributed by atoms with Gasteiger partial charge in [-0.25, -0.2) is 0 Å². The summed E-state index contributed by atoms with van der Waals surface area (Å²) in [6.07, 6.45) is -0.896. The Morgan fingerprint density at radius 3 is 1.79 bits per heavy atom. The Morgan fingerprint density at radius 1 is 1.05 bits per heavy atom. The molecule has 19 heavy (non-hydrogen) atoms. The standard InChI is InChI=1S/C8H14N2O7P2/c9-10-7-3-1-6(2-4-7)5-8(11,18(12,13)14)19(15,16)17/h1-4,10-11H,5,9H2,(H2,12,13,14)(H2,15,16,17). The Bertz CT molecular complexity index is 513. The summed E-state index contributed by atoms with van der Waals surface area (Å²) in [7, 11) is -10.9. The number of nitrogens with two attached hydrogens (primary N) is 1. The molecule has 9 nitrogen and oxygen atoms in total. The first kappa shape index (κ1) is 16.3. The molecule has 108 valence electrons. The van der Waals surface area contributed by atoms with E-state index in [1.54, 1.807) is 0 Å². The summed E-state index contributed by atoms with van der Waals surface area (Å²) < 4.78 is 22.3. The maximum Gasteiger partial charge on any atom is 0.369 e. The molecule has 0 spiro atoms. The van der Waals surface area contributed by atoms with Gasteiger partial charge in [-0.2, -0.15) is 0 Å². The van der Waals surface area contributed by atoms with Crippen molar-refractivity contribution < 1.29 is 33.8 Å². The van der Waals surface area contributed by atoms with Crippen LogP contribution in [0.1, 0.15) is 5.56 Å². The lowest BCUT2D eigenvalue weighted by molar-refractivity contribution is 0.131. The van der Waals surface area contributed by atoms with Gasteiger partial charge in [-0.15, -0.1) is 0 Å². The normalized spacial score (nSPS) is 13.4. The van der Waals surface area contributed by atoms with Crippen molar-refractivity contribution in [3.63, 3.8) is 0 Å². The Labute approximate surface area is 108 Å². The summed E-state index contributed by atoms with van der Waals surface area (Å²) >= 11 is 0. The molecule has 0 aliphatic heterocycles. The van der Waals surface area contributed by atoms with Crippen molar-refractivity contribution in [1.82, 2.24) is 0 Å². The average Bonchev–Trinajstić information content (AvgIpc) is 2.27. The van der Waals surface area contributed by atoms with E-state index in [-0.39, 0.29) is 5.56 Å². The predicted octanol–water partition coefficient (Wildman–Crippen LogP) is -0.484. The summed E-state index contributed by atoms with van der Waals surface area (Å²) in [4.78, 5) is 35.9. The van der Waals surface area contributed by atoms with Gasteiger partial charge in [0.05, 0.1) is 0 Å². The highest BCUT2D eigenvalue weighted by molar-refractivity contribution is 7.72. The van der Waals surface area contributed by atoms with E-state index in [1.165, 1.54) is 24.3 Å². The average molecular weight is 312 g/mol. The van der Waals surface area contributed by atoms with Crippen LogP contribution in [0.4, 0.5) is 5.69 Å². The molecule has 0 aliphatic carbocycles. The zero-order valence-corrected chi connectivity index (χ0v) is 11.3. The summed E-state index contributed by atoms with van der Waals surface area (Å²) in [6.45, 7) is 0. The van der Waals surface area contributed by atoms with Gasteiger partial charge in [0.1, 0.15) is 0 Å². The van der Waals surface area contributed by atoms with Gasteiger partial charge in [-0.1, -0.05) is 12.1 Å². The van der Waals surface area contributed by atoms with Crippen molar-refractivity contribution in [3.8, 4) is 0 Å². The maximum atomic E-state index is 11.1. The van der Waals surface area contributed by atoms with Crippen LogP contribution in [0, 0.1) is 0 Å². The van der Waals surface area contributed by atoms with Crippen molar-refractivity contribution in [2.75, 3.05) is 5.43 Å². The molecule has 0 heterocycles. The lowest BCUT2D eigenvalue weighted by Gasteiger charge is -2.29. The molecule has 0 amide bonds. The van der Waals surface area contributed by atoms with Gasteiger partial charge < -0.3 is 30.1 Å². The molecule has 0 saturated carbocycles. The van der Waals surface area contributed by atoms with E-state index in [0.29, 0.717) is 5.69 Å². The molecule has 1 rings (SSSR count). The number of hydrogen-bond acceptors (Lipinski definition) is 5. The zero-order chi connectivity index (χ0) is 14.9. The molecule has 0 fully saturated rings. The van der Waals surface area contributed by atoms with Gasteiger partial charge >= 0.3 is 15.2 Å². The van der Waals surface area contributed by atoms with Gasteiger partial charge in [0.25, 0.3) is 5.08 Å². The Hall–Kier alpha value is -0.760. The van der Waals surface area contributed by atoms with Crippen LogP contribution in [0.15, 0.2) is 24.3 Å². The fourth-order valence-electron chi connectivity index (χ4n) is 1.37. The molecule has 0 bridgehead atoms. The Balaban J connectivity index is 3.16. The zero-order valence-electron chi connectivity index (χ0n) is 9.54. The van der Waals surface area contributed by atoms with E-state index in [2.05, 4.69) is 5.43 Å². The van der Waals surface area contributed by atoms with E-state index in [0.717, 1.165) is 0 Å². The number of nitrogen functional groups attached to an aromatic ring is 1. The number of hydrazine groups is 1.